The van der Waals surface area contributed by atoms with Crippen LogP contribution in [0.3, 0.4) is 0 Å². The zero-order chi connectivity index (χ0) is 12.7. The van der Waals surface area contributed by atoms with Gasteiger partial charge in [-0.25, -0.2) is 0 Å². The number of anilines is 1. The first kappa shape index (κ1) is 11.5. The summed E-state index contributed by atoms with van der Waals surface area (Å²) in [5.41, 5.74) is 4.56. The van der Waals surface area contributed by atoms with Crippen LogP contribution in [0.25, 0.3) is 0 Å². The largest absolute Gasteiger partial charge is 0.322 e. The Morgan fingerprint density at radius 2 is 1.94 bits per heavy atom. The molecule has 3 heteroatoms. The van der Waals surface area contributed by atoms with Crippen LogP contribution in [-0.2, 0) is 6.54 Å². The SMILES string of the molecule is Cc1ccc(Br)cc1N1Cc2ccccc2C1=N. The number of nitrogens with one attached hydrogen (secondary N) is 1. The Hall–Kier alpha value is -1.61. The first-order valence-electron chi connectivity index (χ1n) is 5.87. The van der Waals surface area contributed by atoms with Crippen LogP contribution in [0.2, 0.25) is 0 Å². The molecule has 0 amide bonds. The number of amidine groups is 1. The van der Waals surface area contributed by atoms with Crippen molar-refractivity contribution < 1.29 is 0 Å². The highest BCUT2D eigenvalue weighted by molar-refractivity contribution is 9.10. The standard InChI is InChI=1S/C15H13BrN2/c1-10-6-7-12(16)8-14(10)18-9-11-4-2-3-5-13(11)15(18)17/h2-8,17H,9H2,1H3. The van der Waals surface area contributed by atoms with Gasteiger partial charge in [0.05, 0.1) is 6.54 Å². The molecule has 3 rings (SSSR count). The lowest BCUT2D eigenvalue weighted by molar-refractivity contribution is 1.04. The third-order valence-electron chi connectivity index (χ3n) is 3.33. The van der Waals surface area contributed by atoms with Gasteiger partial charge in [-0.15, -0.1) is 0 Å². The van der Waals surface area contributed by atoms with E-state index in [4.69, 9.17) is 5.41 Å². The smallest absolute Gasteiger partial charge is 0.133 e. The minimum atomic E-state index is 0.590. The fraction of sp³-hybridized carbons (Fsp3) is 0.133. The molecule has 1 aliphatic rings. The van der Waals surface area contributed by atoms with E-state index in [9.17, 15) is 0 Å². The number of halogens is 1. The summed E-state index contributed by atoms with van der Waals surface area (Å²) in [5, 5.41) is 8.30. The van der Waals surface area contributed by atoms with Crippen LogP contribution in [0, 0.1) is 12.3 Å². The number of hydrogen-bond acceptors (Lipinski definition) is 1. The molecular formula is C15H13BrN2. The van der Waals surface area contributed by atoms with E-state index in [1.807, 2.05) is 24.3 Å². The lowest BCUT2D eigenvalue weighted by Crippen LogP contribution is -2.23. The number of fused-ring (bicyclic) bond motifs is 1. The molecule has 90 valence electrons. The van der Waals surface area contributed by atoms with Gasteiger partial charge in [0.25, 0.3) is 0 Å². The molecule has 0 aliphatic carbocycles. The average Bonchev–Trinajstić information content (AvgIpc) is 2.71. The minimum absolute atomic E-state index is 0.590. The van der Waals surface area contributed by atoms with Crippen LogP contribution in [0.15, 0.2) is 46.9 Å². The normalized spacial score (nSPS) is 13.9. The summed E-state index contributed by atoms with van der Waals surface area (Å²) in [4.78, 5) is 2.06. The van der Waals surface area contributed by atoms with Crippen molar-refractivity contribution in [2.24, 2.45) is 0 Å². The van der Waals surface area contributed by atoms with Crippen molar-refractivity contribution in [1.29, 1.82) is 5.41 Å². The van der Waals surface area contributed by atoms with Crippen molar-refractivity contribution in [3.63, 3.8) is 0 Å². The maximum atomic E-state index is 8.30. The van der Waals surface area contributed by atoms with Crippen molar-refractivity contribution in [3.8, 4) is 0 Å². The van der Waals surface area contributed by atoms with Gasteiger partial charge in [0.15, 0.2) is 0 Å². The van der Waals surface area contributed by atoms with Gasteiger partial charge >= 0.3 is 0 Å². The van der Waals surface area contributed by atoms with E-state index >= 15 is 0 Å². The minimum Gasteiger partial charge on any atom is -0.322 e. The summed E-state index contributed by atoms with van der Waals surface area (Å²) in [6.45, 7) is 2.87. The summed E-state index contributed by atoms with van der Waals surface area (Å²) in [6.07, 6.45) is 0. The highest BCUT2D eigenvalue weighted by atomic mass is 79.9. The first-order valence-corrected chi connectivity index (χ1v) is 6.66. The zero-order valence-electron chi connectivity index (χ0n) is 10.1. The second kappa shape index (κ2) is 4.25. The Balaban J connectivity index is 2.06. The maximum Gasteiger partial charge on any atom is 0.133 e. The monoisotopic (exact) mass is 300 g/mol. The zero-order valence-corrected chi connectivity index (χ0v) is 11.7. The lowest BCUT2D eigenvalue weighted by atomic mass is 10.1. The summed E-state index contributed by atoms with van der Waals surface area (Å²) in [6, 6.07) is 14.3. The third-order valence-corrected chi connectivity index (χ3v) is 3.83. The van der Waals surface area contributed by atoms with Crippen molar-refractivity contribution >= 4 is 27.5 Å². The molecular weight excluding hydrogens is 288 g/mol. The van der Waals surface area contributed by atoms with E-state index < -0.39 is 0 Å². The van der Waals surface area contributed by atoms with Crippen LogP contribution in [-0.4, -0.2) is 5.84 Å². The van der Waals surface area contributed by atoms with Crippen LogP contribution in [0.4, 0.5) is 5.69 Å². The van der Waals surface area contributed by atoms with Crippen LogP contribution in [0.1, 0.15) is 16.7 Å². The van der Waals surface area contributed by atoms with Gasteiger partial charge in [-0.2, -0.15) is 0 Å². The predicted molar refractivity (Wildman–Crippen MR) is 78.3 cm³/mol. The van der Waals surface area contributed by atoms with Crippen molar-refractivity contribution in [1.82, 2.24) is 0 Å². The number of aryl methyl sites for hydroxylation is 1. The number of rotatable bonds is 1. The molecule has 0 saturated heterocycles. The molecule has 2 nitrogen and oxygen atoms in total. The quantitative estimate of drug-likeness (QED) is 0.843. The highest BCUT2D eigenvalue weighted by Crippen LogP contribution is 2.32. The Morgan fingerprint density at radius 1 is 1.17 bits per heavy atom. The molecule has 18 heavy (non-hydrogen) atoms. The lowest BCUT2D eigenvalue weighted by Gasteiger charge is -2.20. The second-order valence-electron chi connectivity index (χ2n) is 4.52. The van der Waals surface area contributed by atoms with Crippen molar-refractivity contribution in [2.45, 2.75) is 13.5 Å². The van der Waals surface area contributed by atoms with Gasteiger partial charge < -0.3 is 4.90 Å². The second-order valence-corrected chi connectivity index (χ2v) is 5.44. The summed E-state index contributed by atoms with van der Waals surface area (Å²) in [7, 11) is 0. The molecule has 0 spiro atoms. The van der Waals surface area contributed by atoms with Crippen molar-refractivity contribution in [3.05, 3.63) is 63.6 Å². The molecule has 0 saturated carbocycles. The summed E-state index contributed by atoms with van der Waals surface area (Å²) in [5.74, 6) is 0.590. The molecule has 2 aromatic rings. The molecule has 1 N–H and O–H groups in total. The molecule has 0 fully saturated rings. The number of benzene rings is 2. The van der Waals surface area contributed by atoms with Crippen LogP contribution in [0.5, 0.6) is 0 Å². The fourth-order valence-corrected chi connectivity index (χ4v) is 2.71. The van der Waals surface area contributed by atoms with Gasteiger partial charge in [0.2, 0.25) is 0 Å². The van der Waals surface area contributed by atoms with Gasteiger partial charge in [-0.05, 0) is 30.2 Å². The average molecular weight is 301 g/mol. The van der Waals surface area contributed by atoms with Gasteiger partial charge in [0.1, 0.15) is 5.84 Å². The molecule has 0 bridgehead atoms. The van der Waals surface area contributed by atoms with E-state index in [0.717, 1.165) is 22.3 Å². The number of hydrogen-bond donors (Lipinski definition) is 1. The van der Waals surface area contributed by atoms with Crippen molar-refractivity contribution in [2.75, 3.05) is 4.90 Å². The Bertz CT molecular complexity index is 634. The summed E-state index contributed by atoms with van der Waals surface area (Å²) < 4.78 is 1.05. The van der Waals surface area contributed by atoms with Gasteiger partial charge in [0, 0.05) is 15.7 Å². The van der Waals surface area contributed by atoms with Crippen LogP contribution >= 0.6 is 15.9 Å². The molecule has 0 aromatic heterocycles. The predicted octanol–water partition coefficient (Wildman–Crippen LogP) is 4.10. The molecule has 1 aliphatic heterocycles. The Labute approximate surface area is 115 Å². The fourth-order valence-electron chi connectivity index (χ4n) is 2.36. The Kier molecular flexibility index (Phi) is 2.71. The van der Waals surface area contributed by atoms with E-state index in [2.05, 4.69) is 46.0 Å². The van der Waals surface area contributed by atoms with E-state index in [1.54, 1.807) is 0 Å². The molecule has 1 heterocycles. The highest BCUT2D eigenvalue weighted by Gasteiger charge is 2.25. The molecule has 0 unspecified atom stereocenters. The van der Waals surface area contributed by atoms with E-state index in [-0.39, 0.29) is 0 Å². The van der Waals surface area contributed by atoms with Gasteiger partial charge in [-0.3, -0.25) is 5.41 Å². The Morgan fingerprint density at radius 3 is 2.72 bits per heavy atom. The molecule has 0 atom stereocenters. The third kappa shape index (κ3) is 1.75. The molecule has 2 aromatic carbocycles. The van der Waals surface area contributed by atoms with E-state index in [1.165, 1.54) is 11.1 Å². The maximum absolute atomic E-state index is 8.30. The van der Waals surface area contributed by atoms with Gasteiger partial charge in [-0.1, -0.05) is 46.3 Å². The number of nitrogens with zero attached hydrogens (tertiary/aromatic N) is 1. The van der Waals surface area contributed by atoms with Crippen LogP contribution < -0.4 is 4.90 Å². The summed E-state index contributed by atoms with van der Waals surface area (Å²) >= 11 is 3.50. The van der Waals surface area contributed by atoms with E-state index in [0.29, 0.717) is 5.84 Å². The first-order chi connectivity index (χ1) is 8.66. The molecule has 0 radical (unpaired) electrons. The topological polar surface area (TPSA) is 27.1 Å².